The monoisotopic (exact) mass is 368 g/mol. The summed E-state index contributed by atoms with van der Waals surface area (Å²) in [6.07, 6.45) is 1.39. The Morgan fingerprint density at radius 3 is 2.54 bits per heavy atom. The van der Waals surface area contributed by atoms with Crippen molar-refractivity contribution in [1.82, 2.24) is 10.2 Å². The highest BCUT2D eigenvalue weighted by Gasteiger charge is 2.27. The fourth-order valence-corrected chi connectivity index (χ4v) is 4.89. The molecule has 1 aliphatic carbocycles. The van der Waals surface area contributed by atoms with E-state index in [0.29, 0.717) is 12.2 Å². The number of anilines is 1. The summed E-state index contributed by atoms with van der Waals surface area (Å²) >= 11 is 1.23. The molecule has 0 radical (unpaired) electrons. The van der Waals surface area contributed by atoms with E-state index in [1.54, 1.807) is 12.1 Å². The molecule has 1 atom stereocenters. The Morgan fingerprint density at radius 1 is 1.29 bits per heavy atom. The maximum atomic E-state index is 12.8. The highest BCUT2D eigenvalue weighted by atomic mass is 32.2. The van der Waals surface area contributed by atoms with E-state index in [0.717, 1.165) is 22.6 Å². The summed E-state index contributed by atoms with van der Waals surface area (Å²) in [6, 6.07) is 3.43. The minimum atomic E-state index is -3.82. The molecule has 130 valence electrons. The third-order valence-corrected chi connectivity index (χ3v) is 6.52. The first-order valence-electron chi connectivity index (χ1n) is 7.61. The van der Waals surface area contributed by atoms with Gasteiger partial charge in [-0.3, -0.25) is 4.72 Å². The highest BCUT2D eigenvalue weighted by molar-refractivity contribution is 7.93. The van der Waals surface area contributed by atoms with E-state index in [1.807, 2.05) is 13.8 Å². The number of rotatable bonds is 5. The lowest BCUT2D eigenvalue weighted by atomic mass is 10.1. The molecule has 1 heterocycles. The summed E-state index contributed by atoms with van der Waals surface area (Å²) in [6.45, 7) is 3.96. The van der Waals surface area contributed by atoms with Gasteiger partial charge in [-0.25, -0.2) is 8.42 Å². The summed E-state index contributed by atoms with van der Waals surface area (Å²) in [5.41, 5.74) is 7.95. The van der Waals surface area contributed by atoms with Crippen LogP contribution in [0.5, 0.6) is 5.75 Å². The molecule has 0 aliphatic heterocycles. The smallest absolute Gasteiger partial charge is 0.267 e. The lowest BCUT2D eigenvalue weighted by Gasteiger charge is -2.12. The molecule has 1 unspecified atom stereocenters. The third kappa shape index (κ3) is 3.24. The Hall–Kier alpha value is -1.71. The molecule has 2 aromatic rings. The summed E-state index contributed by atoms with van der Waals surface area (Å²) < 4.78 is 33.3. The van der Waals surface area contributed by atoms with Crippen LogP contribution in [-0.4, -0.2) is 31.8 Å². The SMILES string of the molecule is COc1cc2c(cc1S(=O)(=O)Nc1nnc(C(C)C)s1)CC(N)C2. The zero-order valence-corrected chi connectivity index (χ0v) is 15.4. The summed E-state index contributed by atoms with van der Waals surface area (Å²) in [5.74, 6) is 0.501. The molecule has 0 spiro atoms. The first-order chi connectivity index (χ1) is 11.3. The van der Waals surface area contributed by atoms with E-state index in [9.17, 15) is 8.42 Å². The fraction of sp³-hybridized carbons (Fsp3) is 0.467. The van der Waals surface area contributed by atoms with E-state index in [4.69, 9.17) is 10.5 Å². The summed E-state index contributed by atoms with van der Waals surface area (Å²) in [7, 11) is -2.36. The van der Waals surface area contributed by atoms with Crippen LogP contribution >= 0.6 is 11.3 Å². The van der Waals surface area contributed by atoms with Gasteiger partial charge in [0.1, 0.15) is 15.7 Å². The molecule has 0 saturated carbocycles. The van der Waals surface area contributed by atoms with Crippen molar-refractivity contribution in [2.45, 2.75) is 43.5 Å². The Labute approximate surface area is 145 Å². The maximum absolute atomic E-state index is 12.8. The van der Waals surface area contributed by atoms with Crippen LogP contribution in [0.4, 0.5) is 5.13 Å². The van der Waals surface area contributed by atoms with Crippen molar-refractivity contribution in [3.05, 3.63) is 28.3 Å². The van der Waals surface area contributed by atoms with Crippen molar-refractivity contribution in [2.75, 3.05) is 11.8 Å². The largest absolute Gasteiger partial charge is 0.495 e. The quantitative estimate of drug-likeness (QED) is 0.835. The molecule has 0 fully saturated rings. The van der Waals surface area contributed by atoms with Crippen LogP contribution in [0.2, 0.25) is 0 Å². The van der Waals surface area contributed by atoms with E-state index in [1.165, 1.54) is 18.4 Å². The van der Waals surface area contributed by atoms with Crippen molar-refractivity contribution in [3.63, 3.8) is 0 Å². The number of hydrogen-bond donors (Lipinski definition) is 2. The molecule has 1 aromatic heterocycles. The van der Waals surface area contributed by atoms with E-state index < -0.39 is 10.0 Å². The van der Waals surface area contributed by atoms with Gasteiger partial charge in [-0.15, -0.1) is 10.2 Å². The Bertz CT molecular complexity index is 862. The van der Waals surface area contributed by atoms with Crippen molar-refractivity contribution in [3.8, 4) is 5.75 Å². The number of sulfonamides is 1. The second-order valence-corrected chi connectivity index (χ2v) is 8.81. The molecule has 0 saturated heterocycles. The van der Waals surface area contributed by atoms with Gasteiger partial charge < -0.3 is 10.5 Å². The van der Waals surface area contributed by atoms with Crippen molar-refractivity contribution in [2.24, 2.45) is 5.73 Å². The number of aromatic nitrogens is 2. The molecule has 1 aliphatic rings. The minimum absolute atomic E-state index is 0.0207. The van der Waals surface area contributed by atoms with E-state index >= 15 is 0 Å². The van der Waals surface area contributed by atoms with E-state index in [2.05, 4.69) is 14.9 Å². The first kappa shape index (κ1) is 17.1. The van der Waals surface area contributed by atoms with Crippen LogP contribution in [0.15, 0.2) is 17.0 Å². The van der Waals surface area contributed by atoms with Gasteiger partial charge in [0.15, 0.2) is 0 Å². The number of hydrogen-bond acceptors (Lipinski definition) is 7. The third-order valence-electron chi connectivity index (χ3n) is 3.90. The Balaban J connectivity index is 1.95. The molecule has 24 heavy (non-hydrogen) atoms. The number of benzene rings is 1. The topological polar surface area (TPSA) is 107 Å². The average Bonchev–Trinajstić information content (AvgIpc) is 3.10. The molecule has 9 heteroatoms. The van der Waals surface area contributed by atoms with Gasteiger partial charge in [0.2, 0.25) is 5.13 Å². The van der Waals surface area contributed by atoms with Gasteiger partial charge in [0, 0.05) is 12.0 Å². The predicted molar refractivity (Wildman–Crippen MR) is 93.2 cm³/mol. The average molecular weight is 368 g/mol. The molecular weight excluding hydrogens is 348 g/mol. The van der Waals surface area contributed by atoms with Crippen molar-refractivity contribution >= 4 is 26.5 Å². The Morgan fingerprint density at radius 2 is 1.96 bits per heavy atom. The van der Waals surface area contributed by atoms with Crippen molar-refractivity contribution in [1.29, 1.82) is 0 Å². The second kappa shape index (κ2) is 6.30. The number of fused-ring (bicyclic) bond motifs is 1. The number of nitrogens with zero attached hydrogens (tertiary/aromatic N) is 2. The molecular formula is C15H20N4O3S2. The second-order valence-electron chi connectivity index (χ2n) is 6.15. The molecule has 1 aromatic carbocycles. The van der Waals surface area contributed by atoms with Gasteiger partial charge in [-0.1, -0.05) is 25.2 Å². The van der Waals surface area contributed by atoms with Crippen LogP contribution in [0.3, 0.4) is 0 Å². The standard InChI is InChI=1S/C15H20N4O3S2/c1-8(2)14-17-18-15(23-14)19-24(20,21)13-7-10-5-11(16)4-9(10)6-12(13)22-3/h6-8,11H,4-5,16H2,1-3H3,(H,18,19). The zero-order valence-electron chi connectivity index (χ0n) is 13.7. The zero-order chi connectivity index (χ0) is 17.5. The molecule has 7 nitrogen and oxygen atoms in total. The fourth-order valence-electron chi connectivity index (χ4n) is 2.71. The number of nitrogens with two attached hydrogens (primary N) is 1. The van der Waals surface area contributed by atoms with Crippen LogP contribution in [0, 0.1) is 0 Å². The molecule has 3 N–H and O–H groups in total. The van der Waals surface area contributed by atoms with E-state index in [-0.39, 0.29) is 22.0 Å². The van der Waals surface area contributed by atoms with Gasteiger partial charge >= 0.3 is 0 Å². The van der Waals surface area contributed by atoms with Crippen LogP contribution in [-0.2, 0) is 22.9 Å². The highest BCUT2D eigenvalue weighted by Crippen LogP contribution is 2.34. The summed E-state index contributed by atoms with van der Waals surface area (Å²) in [5, 5.41) is 8.93. The number of ether oxygens (including phenoxy) is 1. The van der Waals surface area contributed by atoms with Gasteiger partial charge in [-0.2, -0.15) is 0 Å². The minimum Gasteiger partial charge on any atom is -0.495 e. The lowest BCUT2D eigenvalue weighted by molar-refractivity contribution is 0.402. The normalized spacial score (nSPS) is 17.1. The maximum Gasteiger partial charge on any atom is 0.267 e. The first-order valence-corrected chi connectivity index (χ1v) is 9.91. The van der Waals surface area contributed by atoms with Gasteiger partial charge in [-0.05, 0) is 36.1 Å². The van der Waals surface area contributed by atoms with Crippen LogP contribution in [0.25, 0.3) is 0 Å². The lowest BCUT2D eigenvalue weighted by Crippen LogP contribution is -2.19. The van der Waals surface area contributed by atoms with Gasteiger partial charge in [0.05, 0.1) is 7.11 Å². The number of nitrogens with one attached hydrogen (secondary N) is 1. The van der Waals surface area contributed by atoms with Crippen LogP contribution in [0.1, 0.15) is 35.9 Å². The van der Waals surface area contributed by atoms with Crippen LogP contribution < -0.4 is 15.2 Å². The predicted octanol–water partition coefficient (Wildman–Crippen LogP) is 1.90. The molecule has 0 bridgehead atoms. The van der Waals surface area contributed by atoms with Gasteiger partial charge in [0.25, 0.3) is 10.0 Å². The van der Waals surface area contributed by atoms with Crippen molar-refractivity contribution < 1.29 is 13.2 Å². The summed E-state index contributed by atoms with van der Waals surface area (Å²) in [4.78, 5) is 0.0964. The number of methoxy groups -OCH3 is 1. The Kier molecular flexibility index (Phi) is 4.50. The molecule has 3 rings (SSSR count). The molecule has 0 amide bonds.